The summed E-state index contributed by atoms with van der Waals surface area (Å²) in [7, 11) is 0. The first kappa shape index (κ1) is 23.9. The highest BCUT2D eigenvalue weighted by atomic mass is 79.9. The number of hydrogen-bond acceptors (Lipinski definition) is 0. The van der Waals surface area contributed by atoms with Crippen molar-refractivity contribution in [1.29, 1.82) is 0 Å². The fourth-order valence-corrected chi connectivity index (χ4v) is 5.70. The number of fused-ring (bicyclic) bond motifs is 3. The summed E-state index contributed by atoms with van der Waals surface area (Å²) in [5.41, 5.74) is 4.42. The van der Waals surface area contributed by atoms with Crippen LogP contribution < -0.4 is 0 Å². The quantitative estimate of drug-likeness (QED) is 0.247. The Kier molecular flexibility index (Phi) is 10.8. The van der Waals surface area contributed by atoms with Gasteiger partial charge in [-0.05, 0) is 48.9 Å². The molecule has 1 nitrogen and oxygen atoms in total. The minimum atomic E-state index is 0.896. The van der Waals surface area contributed by atoms with Gasteiger partial charge >= 0.3 is 0 Å². The van der Waals surface area contributed by atoms with Crippen molar-refractivity contribution >= 4 is 26.8 Å². The van der Waals surface area contributed by atoms with Crippen LogP contribution in [0.3, 0.4) is 0 Å². The van der Waals surface area contributed by atoms with Crippen LogP contribution in [0.2, 0.25) is 0 Å². The second-order valence-electron chi connectivity index (χ2n) is 9.77. The van der Waals surface area contributed by atoms with E-state index in [0.29, 0.717) is 0 Å². The summed E-state index contributed by atoms with van der Waals surface area (Å²) in [5.74, 6) is 0.896. The maximum atomic E-state index is 3.66. The number of unbranched alkanes of at least 4 members (excludes halogenated alkanes) is 13. The van der Waals surface area contributed by atoms with Crippen molar-refractivity contribution in [2.24, 2.45) is 5.92 Å². The Labute approximate surface area is 193 Å². The van der Waals surface area contributed by atoms with E-state index in [2.05, 4.69) is 46.0 Å². The molecule has 1 aliphatic rings. The predicted octanol–water partition coefficient (Wildman–Crippen LogP) is 9.91. The molecule has 1 heterocycles. The third-order valence-electron chi connectivity index (χ3n) is 7.22. The maximum absolute atomic E-state index is 3.66. The van der Waals surface area contributed by atoms with Gasteiger partial charge < -0.3 is 4.98 Å². The van der Waals surface area contributed by atoms with Crippen molar-refractivity contribution in [3.05, 3.63) is 33.9 Å². The minimum absolute atomic E-state index is 0.896. The highest BCUT2D eigenvalue weighted by Gasteiger charge is 2.22. The first-order chi connectivity index (χ1) is 14.8. The maximum Gasteiger partial charge on any atom is 0.0459 e. The zero-order valence-electron chi connectivity index (χ0n) is 19.4. The molecule has 3 rings (SSSR count). The van der Waals surface area contributed by atoms with Gasteiger partial charge in [-0.1, -0.05) is 119 Å². The van der Waals surface area contributed by atoms with Gasteiger partial charge in [-0.2, -0.15) is 0 Å². The van der Waals surface area contributed by atoms with E-state index in [9.17, 15) is 0 Å². The summed E-state index contributed by atoms with van der Waals surface area (Å²) < 4.78 is 1.20. The number of halogens is 1. The minimum Gasteiger partial charge on any atom is -0.358 e. The number of benzene rings is 1. The summed E-state index contributed by atoms with van der Waals surface area (Å²) >= 11 is 3.65. The molecule has 1 N–H and O–H groups in total. The van der Waals surface area contributed by atoms with Gasteiger partial charge in [0.15, 0.2) is 0 Å². The molecule has 1 aliphatic carbocycles. The standard InChI is InChI=1S/C28H44BrN/c1-2-3-4-5-6-7-8-9-10-11-12-13-14-15-16-23-17-19-27-25(21-23)26-22-24(29)18-20-28(26)30-27/h18,20,22-23,30H,2-17,19,21H2,1H3. The largest absolute Gasteiger partial charge is 0.358 e. The van der Waals surface area contributed by atoms with Crippen LogP contribution in [-0.2, 0) is 12.8 Å². The third kappa shape index (κ3) is 7.74. The second-order valence-corrected chi connectivity index (χ2v) is 10.7. The summed E-state index contributed by atoms with van der Waals surface area (Å²) in [4.78, 5) is 3.66. The van der Waals surface area contributed by atoms with E-state index >= 15 is 0 Å². The Bertz CT molecular complexity index is 732. The average molecular weight is 475 g/mol. The highest BCUT2D eigenvalue weighted by molar-refractivity contribution is 9.10. The molecule has 0 aliphatic heterocycles. The van der Waals surface area contributed by atoms with Crippen LogP contribution >= 0.6 is 15.9 Å². The fourth-order valence-electron chi connectivity index (χ4n) is 5.34. The van der Waals surface area contributed by atoms with Gasteiger partial charge in [0.2, 0.25) is 0 Å². The number of nitrogens with one attached hydrogen (secondary N) is 1. The third-order valence-corrected chi connectivity index (χ3v) is 7.71. The Balaban J connectivity index is 1.20. The average Bonchev–Trinajstić information content (AvgIpc) is 3.11. The molecule has 0 spiro atoms. The molecule has 30 heavy (non-hydrogen) atoms. The van der Waals surface area contributed by atoms with Crippen LogP contribution in [0.15, 0.2) is 22.7 Å². The summed E-state index contributed by atoms with van der Waals surface area (Å²) in [6.45, 7) is 2.30. The normalized spacial score (nSPS) is 16.3. The molecule has 168 valence electrons. The molecule has 1 aromatic carbocycles. The second kappa shape index (κ2) is 13.6. The van der Waals surface area contributed by atoms with Crippen LogP contribution in [-0.4, -0.2) is 4.98 Å². The van der Waals surface area contributed by atoms with Crippen LogP contribution in [0.25, 0.3) is 10.9 Å². The van der Waals surface area contributed by atoms with Crippen LogP contribution in [0.4, 0.5) is 0 Å². The van der Waals surface area contributed by atoms with Crippen molar-refractivity contribution < 1.29 is 0 Å². The van der Waals surface area contributed by atoms with Gasteiger partial charge in [-0.25, -0.2) is 0 Å². The zero-order valence-corrected chi connectivity index (χ0v) is 21.0. The van der Waals surface area contributed by atoms with E-state index in [1.807, 2.05) is 0 Å². The molecule has 2 aromatic rings. The summed E-state index contributed by atoms with van der Waals surface area (Å²) in [6, 6.07) is 6.68. The lowest BCUT2D eigenvalue weighted by molar-refractivity contribution is 0.403. The number of aryl methyl sites for hydroxylation is 1. The predicted molar refractivity (Wildman–Crippen MR) is 136 cm³/mol. The summed E-state index contributed by atoms with van der Waals surface area (Å²) in [6.07, 6.45) is 25.7. The smallest absolute Gasteiger partial charge is 0.0459 e. The first-order valence-corrected chi connectivity index (χ1v) is 13.9. The molecule has 1 unspecified atom stereocenters. The number of aromatic nitrogens is 1. The number of H-pyrrole nitrogens is 1. The van der Waals surface area contributed by atoms with Crippen LogP contribution in [0, 0.1) is 5.92 Å². The van der Waals surface area contributed by atoms with Crippen molar-refractivity contribution in [1.82, 2.24) is 4.98 Å². The molecular weight excluding hydrogens is 430 g/mol. The van der Waals surface area contributed by atoms with Gasteiger partial charge in [0.05, 0.1) is 0 Å². The lowest BCUT2D eigenvalue weighted by Gasteiger charge is -2.22. The SMILES string of the molecule is CCCCCCCCCCCCCCCCC1CCc2[nH]c3ccc(Br)cc3c2C1. The van der Waals surface area contributed by atoms with Gasteiger partial charge in [-0.3, -0.25) is 0 Å². The molecule has 2 heteroatoms. The molecule has 0 bridgehead atoms. The fraction of sp³-hybridized carbons (Fsp3) is 0.714. The lowest BCUT2D eigenvalue weighted by Crippen LogP contribution is -2.13. The topological polar surface area (TPSA) is 15.8 Å². The van der Waals surface area contributed by atoms with E-state index < -0.39 is 0 Å². The van der Waals surface area contributed by atoms with E-state index in [1.165, 1.54) is 137 Å². The Morgan fingerprint density at radius 1 is 0.833 bits per heavy atom. The van der Waals surface area contributed by atoms with Crippen LogP contribution in [0.5, 0.6) is 0 Å². The van der Waals surface area contributed by atoms with Crippen molar-refractivity contribution in [2.75, 3.05) is 0 Å². The van der Waals surface area contributed by atoms with E-state index in [4.69, 9.17) is 0 Å². The van der Waals surface area contributed by atoms with Crippen molar-refractivity contribution in [2.45, 2.75) is 122 Å². The molecule has 0 saturated carbocycles. The summed E-state index contributed by atoms with van der Waals surface area (Å²) in [5, 5.41) is 1.45. The van der Waals surface area contributed by atoms with Gasteiger partial charge in [0.1, 0.15) is 0 Å². The molecule has 0 radical (unpaired) electrons. The van der Waals surface area contributed by atoms with Gasteiger partial charge in [-0.15, -0.1) is 0 Å². The van der Waals surface area contributed by atoms with E-state index in [-0.39, 0.29) is 0 Å². The monoisotopic (exact) mass is 473 g/mol. The Morgan fingerprint density at radius 2 is 1.43 bits per heavy atom. The van der Waals surface area contributed by atoms with Gasteiger partial charge in [0, 0.05) is 21.1 Å². The molecule has 0 amide bonds. The molecular formula is C28H44BrN. The highest BCUT2D eigenvalue weighted by Crippen LogP contribution is 2.35. The Hall–Kier alpha value is -0.760. The van der Waals surface area contributed by atoms with E-state index in [0.717, 1.165) is 5.92 Å². The number of rotatable bonds is 15. The van der Waals surface area contributed by atoms with E-state index in [1.54, 1.807) is 5.56 Å². The Morgan fingerprint density at radius 3 is 2.07 bits per heavy atom. The lowest BCUT2D eigenvalue weighted by atomic mass is 9.83. The molecule has 0 saturated heterocycles. The van der Waals surface area contributed by atoms with Gasteiger partial charge in [0.25, 0.3) is 0 Å². The van der Waals surface area contributed by atoms with Crippen molar-refractivity contribution in [3.63, 3.8) is 0 Å². The number of hydrogen-bond donors (Lipinski definition) is 1. The first-order valence-electron chi connectivity index (χ1n) is 13.1. The van der Waals surface area contributed by atoms with Crippen LogP contribution in [0.1, 0.15) is 121 Å². The molecule has 1 aromatic heterocycles. The molecule has 0 fully saturated rings. The molecule has 1 atom stereocenters. The number of aromatic amines is 1. The zero-order chi connectivity index (χ0) is 21.0. The van der Waals surface area contributed by atoms with Crippen molar-refractivity contribution in [3.8, 4) is 0 Å².